The van der Waals surface area contributed by atoms with Gasteiger partial charge in [0.25, 0.3) is 0 Å². The fourth-order valence-electron chi connectivity index (χ4n) is 2.31. The fraction of sp³-hybridized carbons (Fsp3) is 0.188. The molecule has 1 unspecified atom stereocenters. The summed E-state index contributed by atoms with van der Waals surface area (Å²) in [6.45, 7) is 5.46. The van der Waals surface area contributed by atoms with E-state index in [1.165, 1.54) is 0 Å². The zero-order chi connectivity index (χ0) is 13.1. The lowest BCUT2D eigenvalue weighted by Gasteiger charge is -2.13. The van der Waals surface area contributed by atoms with Crippen LogP contribution in [0.15, 0.2) is 66.0 Å². The summed E-state index contributed by atoms with van der Waals surface area (Å²) in [5.41, 5.74) is 2.40. The molecule has 1 N–H and O–H groups in total. The maximum Gasteiger partial charge on any atom is 0.223 e. The molecule has 1 aromatic carbocycles. The average Bonchev–Trinajstić information content (AvgIpc) is 2.62. The summed E-state index contributed by atoms with van der Waals surface area (Å²) < 4.78 is 0. The second kappa shape index (κ2) is 5.05. The van der Waals surface area contributed by atoms with Crippen molar-refractivity contribution in [2.75, 3.05) is 0 Å². The van der Waals surface area contributed by atoms with Crippen molar-refractivity contribution in [3.63, 3.8) is 0 Å². The molecular formula is C16H16O2. The van der Waals surface area contributed by atoms with Crippen LogP contribution < -0.4 is 0 Å². The van der Waals surface area contributed by atoms with Gasteiger partial charge in [0.15, 0.2) is 5.76 Å². The van der Waals surface area contributed by atoms with Crippen LogP contribution in [0.4, 0.5) is 0 Å². The van der Waals surface area contributed by atoms with E-state index in [0.29, 0.717) is 12.0 Å². The van der Waals surface area contributed by atoms with Crippen LogP contribution in [0.25, 0.3) is 0 Å². The topological polar surface area (TPSA) is 37.3 Å². The van der Waals surface area contributed by atoms with E-state index in [-0.39, 0.29) is 17.5 Å². The zero-order valence-corrected chi connectivity index (χ0v) is 10.4. The average molecular weight is 240 g/mol. The molecule has 1 atom stereocenters. The quantitative estimate of drug-likeness (QED) is 0.646. The lowest BCUT2D eigenvalue weighted by Crippen LogP contribution is -2.04. The summed E-state index contributed by atoms with van der Waals surface area (Å²) in [5, 5.41) is 9.83. The van der Waals surface area contributed by atoms with Crippen LogP contribution in [0.3, 0.4) is 0 Å². The zero-order valence-electron chi connectivity index (χ0n) is 10.4. The van der Waals surface area contributed by atoms with E-state index < -0.39 is 0 Å². The summed E-state index contributed by atoms with van der Waals surface area (Å²) in [6.07, 6.45) is 4.22. The maximum atomic E-state index is 12.0. The van der Waals surface area contributed by atoms with Gasteiger partial charge in [0.05, 0.1) is 0 Å². The Balaban J connectivity index is 2.48. The lowest BCUT2D eigenvalue weighted by molar-refractivity contribution is -0.114. The number of rotatable bonds is 3. The number of carbonyl (C=O) groups excluding carboxylic acids is 1. The Morgan fingerprint density at radius 3 is 2.61 bits per heavy atom. The molecule has 0 spiro atoms. The summed E-state index contributed by atoms with van der Waals surface area (Å²) in [5.74, 6) is -0.499. The SMILES string of the molecule is C=CC/C=C1\C(=O)C(O)=C(C)C1c1ccccc1. The van der Waals surface area contributed by atoms with Crippen molar-refractivity contribution in [3.8, 4) is 0 Å². The summed E-state index contributed by atoms with van der Waals surface area (Å²) in [4.78, 5) is 12.0. The molecule has 2 rings (SSSR count). The van der Waals surface area contributed by atoms with Crippen LogP contribution in [-0.4, -0.2) is 10.9 Å². The molecule has 1 aliphatic rings. The predicted octanol–water partition coefficient (Wildman–Crippen LogP) is 3.69. The first-order chi connectivity index (χ1) is 8.66. The van der Waals surface area contributed by atoms with Gasteiger partial charge >= 0.3 is 0 Å². The van der Waals surface area contributed by atoms with E-state index in [9.17, 15) is 9.90 Å². The highest BCUT2D eigenvalue weighted by atomic mass is 16.3. The van der Waals surface area contributed by atoms with Gasteiger partial charge in [-0.1, -0.05) is 42.5 Å². The largest absolute Gasteiger partial charge is 0.504 e. The second-order valence-electron chi connectivity index (χ2n) is 4.39. The van der Waals surface area contributed by atoms with E-state index >= 15 is 0 Å². The Kier molecular flexibility index (Phi) is 3.47. The summed E-state index contributed by atoms with van der Waals surface area (Å²) in [7, 11) is 0. The first kappa shape index (κ1) is 12.4. The smallest absolute Gasteiger partial charge is 0.223 e. The highest BCUT2D eigenvalue weighted by molar-refractivity contribution is 6.11. The molecule has 0 heterocycles. The molecule has 1 aromatic rings. The Morgan fingerprint density at radius 1 is 1.33 bits per heavy atom. The van der Waals surface area contributed by atoms with Gasteiger partial charge in [0.1, 0.15) is 0 Å². The fourth-order valence-corrected chi connectivity index (χ4v) is 2.31. The van der Waals surface area contributed by atoms with E-state index in [1.54, 1.807) is 13.0 Å². The van der Waals surface area contributed by atoms with E-state index in [2.05, 4.69) is 6.58 Å². The first-order valence-corrected chi connectivity index (χ1v) is 5.97. The van der Waals surface area contributed by atoms with Gasteiger partial charge in [-0.05, 0) is 24.5 Å². The van der Waals surface area contributed by atoms with E-state index in [1.807, 2.05) is 36.4 Å². The number of allylic oxidation sites excluding steroid dienone is 4. The molecule has 92 valence electrons. The Labute approximate surface area is 107 Å². The van der Waals surface area contributed by atoms with Gasteiger partial charge in [0.2, 0.25) is 5.78 Å². The van der Waals surface area contributed by atoms with Crippen LogP contribution in [0, 0.1) is 0 Å². The third-order valence-corrected chi connectivity index (χ3v) is 3.23. The number of aliphatic hydroxyl groups excluding tert-OH is 1. The number of aliphatic hydroxyl groups is 1. The first-order valence-electron chi connectivity index (χ1n) is 5.97. The third kappa shape index (κ3) is 2.02. The molecule has 0 amide bonds. The molecule has 0 saturated carbocycles. The maximum absolute atomic E-state index is 12.0. The van der Waals surface area contributed by atoms with Crippen molar-refractivity contribution in [2.45, 2.75) is 19.3 Å². The highest BCUT2D eigenvalue weighted by Gasteiger charge is 2.35. The molecule has 0 aliphatic heterocycles. The van der Waals surface area contributed by atoms with Crippen LogP contribution in [0.2, 0.25) is 0 Å². The van der Waals surface area contributed by atoms with E-state index in [0.717, 1.165) is 11.1 Å². The van der Waals surface area contributed by atoms with Crippen molar-refractivity contribution in [1.29, 1.82) is 0 Å². The van der Waals surface area contributed by atoms with Gasteiger partial charge in [-0.2, -0.15) is 0 Å². The number of hydrogen-bond donors (Lipinski definition) is 1. The molecule has 2 nitrogen and oxygen atoms in total. The minimum Gasteiger partial charge on any atom is -0.504 e. The molecule has 0 aromatic heterocycles. The van der Waals surface area contributed by atoms with Crippen LogP contribution in [0.1, 0.15) is 24.8 Å². The highest BCUT2D eigenvalue weighted by Crippen LogP contribution is 2.40. The summed E-state index contributed by atoms with van der Waals surface area (Å²) >= 11 is 0. The van der Waals surface area contributed by atoms with Crippen LogP contribution >= 0.6 is 0 Å². The molecule has 2 heteroatoms. The number of Topliss-reactive ketones (excluding diaryl/α,β-unsaturated/α-hetero) is 1. The number of carbonyl (C=O) groups is 1. The number of ketones is 1. The number of benzene rings is 1. The number of hydrogen-bond acceptors (Lipinski definition) is 2. The summed E-state index contributed by atoms with van der Waals surface area (Å²) in [6, 6.07) is 9.76. The van der Waals surface area contributed by atoms with Crippen molar-refractivity contribution in [1.82, 2.24) is 0 Å². The molecular weight excluding hydrogens is 224 g/mol. The monoisotopic (exact) mass is 240 g/mol. The molecule has 18 heavy (non-hydrogen) atoms. The Hall–Kier alpha value is -2.09. The lowest BCUT2D eigenvalue weighted by atomic mass is 9.89. The normalized spacial score (nSPS) is 21.7. The molecule has 1 aliphatic carbocycles. The van der Waals surface area contributed by atoms with Gasteiger partial charge in [-0.15, -0.1) is 6.58 Å². The minimum atomic E-state index is -0.261. The van der Waals surface area contributed by atoms with Crippen molar-refractivity contribution < 1.29 is 9.90 Å². The van der Waals surface area contributed by atoms with Crippen molar-refractivity contribution in [3.05, 3.63) is 71.5 Å². The Bertz CT molecular complexity index is 535. The standard InChI is InChI=1S/C16H16O2/c1-3-4-10-13-14(11(2)15(17)16(13)18)12-8-6-5-7-9-12/h3,5-10,14,17H,1,4H2,2H3/b13-10-. The van der Waals surface area contributed by atoms with Gasteiger partial charge in [0, 0.05) is 11.5 Å². The van der Waals surface area contributed by atoms with Crippen molar-refractivity contribution in [2.24, 2.45) is 0 Å². The van der Waals surface area contributed by atoms with Gasteiger partial charge in [-0.25, -0.2) is 0 Å². The predicted molar refractivity (Wildman–Crippen MR) is 72.4 cm³/mol. The van der Waals surface area contributed by atoms with Gasteiger partial charge in [-0.3, -0.25) is 4.79 Å². The molecule has 0 fully saturated rings. The molecule has 0 radical (unpaired) electrons. The molecule has 0 bridgehead atoms. The van der Waals surface area contributed by atoms with Gasteiger partial charge < -0.3 is 5.11 Å². The van der Waals surface area contributed by atoms with Crippen LogP contribution in [0.5, 0.6) is 0 Å². The Morgan fingerprint density at radius 2 is 2.00 bits per heavy atom. The molecule has 0 saturated heterocycles. The second-order valence-corrected chi connectivity index (χ2v) is 4.39. The van der Waals surface area contributed by atoms with Crippen LogP contribution in [-0.2, 0) is 4.79 Å². The van der Waals surface area contributed by atoms with Crippen molar-refractivity contribution >= 4 is 5.78 Å². The minimum absolute atomic E-state index is 0.112. The van der Waals surface area contributed by atoms with E-state index in [4.69, 9.17) is 0 Å². The third-order valence-electron chi connectivity index (χ3n) is 3.23.